The number of pyridine rings is 1. The number of carbonyl (C=O) groups is 1. The van der Waals surface area contributed by atoms with Crippen LogP contribution in [0.25, 0.3) is 11.3 Å². The van der Waals surface area contributed by atoms with Gasteiger partial charge in [0.05, 0.1) is 23.8 Å². The van der Waals surface area contributed by atoms with Gasteiger partial charge in [-0.1, -0.05) is 24.3 Å². The smallest absolute Gasteiger partial charge is 0.278 e. The lowest BCUT2D eigenvalue weighted by atomic mass is 10.1. The molecule has 2 heterocycles. The number of nitrogens with one attached hydrogen (secondary N) is 2. The minimum Gasteiger partial charge on any atom is -0.385 e. The number of anilines is 2. The Kier molecular flexibility index (Phi) is 15.8. The number of nitrogen functional groups attached to an aromatic ring is 1. The molecular formula is C23H31Cl3N6O2. The van der Waals surface area contributed by atoms with Gasteiger partial charge in [0.1, 0.15) is 0 Å². The Morgan fingerprint density at radius 3 is 2.44 bits per heavy atom. The van der Waals surface area contributed by atoms with Gasteiger partial charge >= 0.3 is 0 Å². The highest BCUT2D eigenvalue weighted by atomic mass is 35.5. The van der Waals surface area contributed by atoms with Crippen molar-refractivity contribution in [3.63, 3.8) is 0 Å². The van der Waals surface area contributed by atoms with Crippen molar-refractivity contribution in [3.05, 3.63) is 66.2 Å². The predicted octanol–water partition coefficient (Wildman–Crippen LogP) is 4.20. The SMILES string of the molecule is COCCCNCCCc1ccc(-c2cnc(N)c(C(=O)Nc3cccnc3)n2)cc1.Cl.Cl.Cl. The zero-order valence-electron chi connectivity index (χ0n) is 18.9. The van der Waals surface area contributed by atoms with Crippen molar-refractivity contribution in [1.29, 1.82) is 0 Å². The van der Waals surface area contributed by atoms with Crippen molar-refractivity contribution in [2.75, 3.05) is 37.9 Å². The molecule has 2 aromatic heterocycles. The van der Waals surface area contributed by atoms with E-state index in [1.807, 2.05) is 12.1 Å². The second kappa shape index (κ2) is 17.0. The van der Waals surface area contributed by atoms with E-state index < -0.39 is 5.91 Å². The number of hydrogen-bond acceptors (Lipinski definition) is 7. The maximum absolute atomic E-state index is 12.6. The molecule has 8 nitrogen and oxygen atoms in total. The van der Waals surface area contributed by atoms with Crippen LogP contribution in [0.15, 0.2) is 55.0 Å². The van der Waals surface area contributed by atoms with Crippen LogP contribution in [0.4, 0.5) is 11.5 Å². The van der Waals surface area contributed by atoms with Crippen molar-refractivity contribution < 1.29 is 9.53 Å². The number of aryl methyl sites for hydroxylation is 1. The van der Waals surface area contributed by atoms with E-state index in [1.165, 1.54) is 5.56 Å². The number of aromatic nitrogens is 3. The zero-order chi connectivity index (χ0) is 21.9. The van der Waals surface area contributed by atoms with E-state index in [0.29, 0.717) is 11.4 Å². The van der Waals surface area contributed by atoms with Gasteiger partial charge in [-0.3, -0.25) is 9.78 Å². The van der Waals surface area contributed by atoms with E-state index in [-0.39, 0.29) is 48.7 Å². The molecule has 0 fully saturated rings. The summed E-state index contributed by atoms with van der Waals surface area (Å²) in [6.45, 7) is 2.74. The monoisotopic (exact) mass is 528 g/mol. The summed E-state index contributed by atoms with van der Waals surface area (Å²) in [5.41, 5.74) is 9.27. The Labute approximate surface area is 218 Å². The van der Waals surface area contributed by atoms with Crippen LogP contribution in [0.1, 0.15) is 28.9 Å². The van der Waals surface area contributed by atoms with Gasteiger partial charge in [0.15, 0.2) is 11.5 Å². The van der Waals surface area contributed by atoms with Crippen LogP contribution >= 0.6 is 37.2 Å². The number of methoxy groups -OCH3 is 1. The summed E-state index contributed by atoms with van der Waals surface area (Å²) in [6, 6.07) is 11.6. The maximum Gasteiger partial charge on any atom is 0.278 e. The van der Waals surface area contributed by atoms with Gasteiger partial charge in [-0.15, -0.1) is 37.2 Å². The van der Waals surface area contributed by atoms with Crippen molar-refractivity contribution >= 4 is 54.6 Å². The minimum atomic E-state index is -0.422. The van der Waals surface area contributed by atoms with Crippen molar-refractivity contribution in [3.8, 4) is 11.3 Å². The number of nitrogens with two attached hydrogens (primary N) is 1. The van der Waals surface area contributed by atoms with Crippen LogP contribution < -0.4 is 16.4 Å². The largest absolute Gasteiger partial charge is 0.385 e. The molecule has 0 atom stereocenters. The fourth-order valence-corrected chi connectivity index (χ4v) is 3.06. The lowest BCUT2D eigenvalue weighted by Crippen LogP contribution is -2.18. The molecule has 186 valence electrons. The van der Waals surface area contributed by atoms with Gasteiger partial charge in [0.2, 0.25) is 0 Å². The summed E-state index contributed by atoms with van der Waals surface area (Å²) in [7, 11) is 1.72. The Morgan fingerprint density at radius 1 is 1.03 bits per heavy atom. The summed E-state index contributed by atoms with van der Waals surface area (Å²) in [4.78, 5) is 25.1. The molecule has 0 radical (unpaired) electrons. The molecule has 0 spiro atoms. The second-order valence-corrected chi connectivity index (χ2v) is 7.08. The Balaban J connectivity index is 0.00000363. The van der Waals surface area contributed by atoms with E-state index in [9.17, 15) is 4.79 Å². The average molecular weight is 530 g/mol. The quantitative estimate of drug-likeness (QED) is 0.319. The summed E-state index contributed by atoms with van der Waals surface area (Å²) < 4.78 is 5.04. The zero-order valence-corrected chi connectivity index (χ0v) is 21.3. The number of nitrogens with zero attached hydrogens (tertiary/aromatic N) is 3. The lowest BCUT2D eigenvalue weighted by molar-refractivity contribution is 0.102. The Bertz CT molecular complexity index is 978. The third kappa shape index (κ3) is 9.79. The van der Waals surface area contributed by atoms with Crippen LogP contribution in [0, 0.1) is 0 Å². The summed E-state index contributed by atoms with van der Waals surface area (Å²) >= 11 is 0. The average Bonchev–Trinajstić information content (AvgIpc) is 2.80. The first kappa shape index (κ1) is 31.5. The van der Waals surface area contributed by atoms with E-state index in [4.69, 9.17) is 10.5 Å². The van der Waals surface area contributed by atoms with Crippen molar-refractivity contribution in [2.45, 2.75) is 19.3 Å². The highest BCUT2D eigenvalue weighted by Crippen LogP contribution is 2.20. The second-order valence-electron chi connectivity index (χ2n) is 7.08. The molecule has 1 aromatic carbocycles. The van der Waals surface area contributed by atoms with Gasteiger partial charge in [-0.25, -0.2) is 9.97 Å². The van der Waals surface area contributed by atoms with Crippen molar-refractivity contribution in [2.24, 2.45) is 0 Å². The number of hydrogen-bond donors (Lipinski definition) is 3. The number of amides is 1. The molecule has 1 amide bonds. The van der Waals surface area contributed by atoms with Gasteiger partial charge in [0.25, 0.3) is 5.91 Å². The highest BCUT2D eigenvalue weighted by molar-refractivity contribution is 6.05. The van der Waals surface area contributed by atoms with E-state index in [1.54, 1.807) is 37.8 Å². The van der Waals surface area contributed by atoms with E-state index >= 15 is 0 Å². The van der Waals surface area contributed by atoms with Crippen LogP contribution in [0.3, 0.4) is 0 Å². The fraction of sp³-hybridized carbons (Fsp3) is 0.304. The van der Waals surface area contributed by atoms with Crippen LogP contribution in [-0.2, 0) is 11.2 Å². The van der Waals surface area contributed by atoms with Gasteiger partial charge in [-0.05, 0) is 50.0 Å². The number of carbonyl (C=O) groups excluding carboxylic acids is 1. The van der Waals surface area contributed by atoms with Gasteiger partial charge < -0.3 is 21.1 Å². The van der Waals surface area contributed by atoms with Crippen LogP contribution in [0.2, 0.25) is 0 Å². The third-order valence-corrected chi connectivity index (χ3v) is 4.71. The van der Waals surface area contributed by atoms with E-state index in [2.05, 4.69) is 37.7 Å². The van der Waals surface area contributed by atoms with Crippen LogP contribution in [-0.4, -0.2) is 47.7 Å². The molecule has 0 saturated carbocycles. The van der Waals surface area contributed by atoms with Crippen molar-refractivity contribution in [1.82, 2.24) is 20.3 Å². The van der Waals surface area contributed by atoms with E-state index in [0.717, 1.165) is 44.5 Å². The molecule has 3 aromatic rings. The van der Waals surface area contributed by atoms with Crippen LogP contribution in [0.5, 0.6) is 0 Å². The molecule has 11 heteroatoms. The number of ether oxygens (including phenoxy) is 1. The molecule has 0 saturated heterocycles. The molecule has 0 aliphatic carbocycles. The molecule has 0 aliphatic rings. The summed E-state index contributed by atoms with van der Waals surface area (Å²) in [6.07, 6.45) is 7.84. The topological polar surface area (TPSA) is 115 Å². The summed E-state index contributed by atoms with van der Waals surface area (Å²) in [5.74, 6) is -0.339. The highest BCUT2D eigenvalue weighted by Gasteiger charge is 2.15. The molecule has 4 N–H and O–H groups in total. The molecule has 3 rings (SSSR count). The molecule has 34 heavy (non-hydrogen) atoms. The van der Waals surface area contributed by atoms with Gasteiger partial charge in [0, 0.05) is 25.5 Å². The molecular weight excluding hydrogens is 499 g/mol. The fourth-order valence-electron chi connectivity index (χ4n) is 3.06. The predicted molar refractivity (Wildman–Crippen MR) is 143 cm³/mol. The summed E-state index contributed by atoms with van der Waals surface area (Å²) in [5, 5.41) is 6.15. The Hall–Kier alpha value is -2.49. The third-order valence-electron chi connectivity index (χ3n) is 4.71. The lowest BCUT2D eigenvalue weighted by Gasteiger charge is -2.09. The maximum atomic E-state index is 12.6. The van der Waals surface area contributed by atoms with Gasteiger partial charge in [-0.2, -0.15) is 0 Å². The molecule has 0 bridgehead atoms. The standard InChI is InChI=1S/C23H28N6O2.3ClH/c1-31-14-4-13-25-11-2-5-17-7-9-18(10-8-17)20-16-27-22(24)21(29-20)23(30)28-19-6-3-12-26-15-19;;;/h3,6-10,12,15-16,25H,2,4-5,11,13-14H2,1H3,(H2,24,27)(H,28,30);3*1H. The molecule has 0 aliphatic heterocycles. The first-order chi connectivity index (χ1) is 15.2. The number of benzene rings is 1. The Morgan fingerprint density at radius 2 is 1.76 bits per heavy atom. The number of rotatable bonds is 11. The number of halogens is 3. The normalized spacial score (nSPS) is 9.79. The first-order valence-corrected chi connectivity index (χ1v) is 10.3. The first-order valence-electron chi connectivity index (χ1n) is 10.3. The molecule has 0 unspecified atom stereocenters. The minimum absolute atomic E-state index is 0.